The maximum atomic E-state index is 11.4. The van der Waals surface area contributed by atoms with Crippen LogP contribution < -0.4 is 5.32 Å². The fourth-order valence-corrected chi connectivity index (χ4v) is 1.27. The summed E-state index contributed by atoms with van der Waals surface area (Å²) in [4.78, 5) is 11.4. The van der Waals surface area contributed by atoms with Crippen molar-refractivity contribution in [1.82, 2.24) is 5.32 Å². The molecule has 1 atom stereocenters. The lowest BCUT2D eigenvalue weighted by Gasteiger charge is -2.14. The van der Waals surface area contributed by atoms with Crippen LogP contribution >= 0.6 is 0 Å². The van der Waals surface area contributed by atoms with Crippen molar-refractivity contribution in [3.8, 4) is 0 Å². The highest BCUT2D eigenvalue weighted by atomic mass is 16.5. The van der Waals surface area contributed by atoms with Gasteiger partial charge < -0.3 is 19.5 Å². The van der Waals surface area contributed by atoms with Crippen molar-refractivity contribution in [1.29, 1.82) is 0 Å². The highest BCUT2D eigenvalue weighted by Gasteiger charge is 2.16. The first-order valence-corrected chi connectivity index (χ1v) is 6.15. The van der Waals surface area contributed by atoms with Crippen molar-refractivity contribution in [3.63, 3.8) is 0 Å². The Kier molecular flexibility index (Phi) is 10.1. The van der Waals surface area contributed by atoms with Gasteiger partial charge in [-0.05, 0) is 34.2 Å². The van der Waals surface area contributed by atoms with Crippen LogP contribution in [-0.4, -0.2) is 51.6 Å². The number of ether oxygens (including phenoxy) is 3. The number of hydrogen-bond donors (Lipinski definition) is 1. The van der Waals surface area contributed by atoms with Crippen molar-refractivity contribution in [2.75, 3.05) is 33.5 Å². The van der Waals surface area contributed by atoms with Gasteiger partial charge in [-0.25, -0.2) is 0 Å². The number of hydrogen-bond acceptors (Lipinski definition) is 5. The van der Waals surface area contributed by atoms with Crippen LogP contribution in [0.5, 0.6) is 0 Å². The molecule has 0 aromatic rings. The SMILES string of the molecule is CCOC(=O)C(CCOCCOC(C)C)NC. The summed E-state index contributed by atoms with van der Waals surface area (Å²) in [6.07, 6.45) is 0.833. The molecule has 0 saturated heterocycles. The molecule has 0 heterocycles. The third kappa shape index (κ3) is 9.09. The maximum absolute atomic E-state index is 11.4. The topological polar surface area (TPSA) is 56.8 Å². The number of nitrogens with one attached hydrogen (secondary N) is 1. The fraction of sp³-hybridized carbons (Fsp3) is 0.917. The van der Waals surface area contributed by atoms with E-state index in [0.717, 1.165) is 0 Å². The lowest BCUT2D eigenvalue weighted by molar-refractivity contribution is -0.146. The summed E-state index contributed by atoms with van der Waals surface area (Å²) in [5, 5.41) is 2.91. The van der Waals surface area contributed by atoms with Crippen LogP contribution in [0.4, 0.5) is 0 Å². The number of likely N-dealkylation sites (N-methyl/N-ethyl adjacent to an activating group) is 1. The molecule has 0 spiro atoms. The van der Waals surface area contributed by atoms with Gasteiger partial charge in [0.05, 0.1) is 25.9 Å². The van der Waals surface area contributed by atoms with Crippen LogP contribution in [0.15, 0.2) is 0 Å². The smallest absolute Gasteiger partial charge is 0.323 e. The standard InChI is InChI=1S/C12H25NO4/c1-5-16-12(14)11(13-4)6-7-15-8-9-17-10(2)3/h10-11,13H,5-9H2,1-4H3. The molecule has 0 aromatic carbocycles. The number of esters is 1. The van der Waals surface area contributed by atoms with Gasteiger partial charge in [0.1, 0.15) is 6.04 Å². The van der Waals surface area contributed by atoms with Gasteiger partial charge in [0.25, 0.3) is 0 Å². The van der Waals surface area contributed by atoms with Gasteiger partial charge in [-0.2, -0.15) is 0 Å². The molecule has 0 radical (unpaired) electrons. The molecule has 0 aliphatic heterocycles. The molecule has 0 aliphatic rings. The zero-order valence-electron chi connectivity index (χ0n) is 11.3. The third-order valence-electron chi connectivity index (χ3n) is 2.15. The van der Waals surface area contributed by atoms with Gasteiger partial charge in [-0.1, -0.05) is 0 Å². The summed E-state index contributed by atoms with van der Waals surface area (Å²) in [7, 11) is 1.74. The van der Waals surface area contributed by atoms with E-state index in [0.29, 0.717) is 32.8 Å². The van der Waals surface area contributed by atoms with Crippen LogP contribution in [0.2, 0.25) is 0 Å². The number of carbonyl (C=O) groups excluding carboxylic acids is 1. The Hall–Kier alpha value is -0.650. The molecule has 0 bridgehead atoms. The minimum absolute atomic E-state index is 0.225. The molecule has 1 unspecified atom stereocenters. The quantitative estimate of drug-likeness (QED) is 0.460. The van der Waals surface area contributed by atoms with Gasteiger partial charge in [0.15, 0.2) is 0 Å². The van der Waals surface area contributed by atoms with Crippen LogP contribution in [0.25, 0.3) is 0 Å². The molecule has 102 valence electrons. The predicted octanol–water partition coefficient (Wildman–Crippen LogP) is 0.969. The van der Waals surface area contributed by atoms with Crippen LogP contribution in [0.1, 0.15) is 27.2 Å². The Balaban J connectivity index is 3.53. The lowest BCUT2D eigenvalue weighted by atomic mass is 10.2. The average molecular weight is 247 g/mol. The Bertz CT molecular complexity index is 197. The summed E-state index contributed by atoms with van der Waals surface area (Å²) < 4.78 is 15.6. The van der Waals surface area contributed by atoms with E-state index in [1.165, 1.54) is 0 Å². The van der Waals surface area contributed by atoms with Crippen molar-refractivity contribution >= 4 is 5.97 Å². The highest BCUT2D eigenvalue weighted by molar-refractivity contribution is 5.75. The second-order valence-corrected chi connectivity index (χ2v) is 3.91. The molecule has 0 aromatic heterocycles. The van der Waals surface area contributed by atoms with Gasteiger partial charge in [0.2, 0.25) is 0 Å². The normalized spacial score (nSPS) is 12.8. The van der Waals surface area contributed by atoms with E-state index in [2.05, 4.69) is 5.32 Å². The van der Waals surface area contributed by atoms with E-state index in [1.54, 1.807) is 14.0 Å². The van der Waals surface area contributed by atoms with Crippen molar-refractivity contribution in [2.24, 2.45) is 0 Å². The first-order chi connectivity index (χ1) is 8.11. The summed E-state index contributed by atoms with van der Waals surface area (Å²) in [5.41, 5.74) is 0. The molecular formula is C12H25NO4. The molecule has 17 heavy (non-hydrogen) atoms. The largest absolute Gasteiger partial charge is 0.465 e. The van der Waals surface area contributed by atoms with Crippen LogP contribution in [0.3, 0.4) is 0 Å². The lowest BCUT2D eigenvalue weighted by Crippen LogP contribution is -2.36. The Morgan fingerprint density at radius 3 is 2.47 bits per heavy atom. The van der Waals surface area contributed by atoms with Gasteiger partial charge in [-0.3, -0.25) is 4.79 Å². The molecule has 0 aliphatic carbocycles. The summed E-state index contributed by atoms with van der Waals surface area (Å²) in [6, 6.07) is -0.291. The molecule has 0 saturated carbocycles. The molecule has 1 N–H and O–H groups in total. The Morgan fingerprint density at radius 1 is 1.24 bits per heavy atom. The average Bonchev–Trinajstić information content (AvgIpc) is 2.28. The summed E-state index contributed by atoms with van der Waals surface area (Å²) in [6.45, 7) is 7.82. The summed E-state index contributed by atoms with van der Waals surface area (Å²) in [5.74, 6) is -0.225. The summed E-state index contributed by atoms with van der Waals surface area (Å²) >= 11 is 0. The number of carbonyl (C=O) groups is 1. The van der Waals surface area contributed by atoms with E-state index in [-0.39, 0.29) is 18.1 Å². The van der Waals surface area contributed by atoms with Crippen molar-refractivity contribution in [3.05, 3.63) is 0 Å². The maximum Gasteiger partial charge on any atom is 0.323 e. The van der Waals surface area contributed by atoms with Gasteiger partial charge in [0, 0.05) is 6.61 Å². The van der Waals surface area contributed by atoms with E-state index in [9.17, 15) is 4.79 Å². The monoisotopic (exact) mass is 247 g/mol. The van der Waals surface area contributed by atoms with Crippen LogP contribution in [0, 0.1) is 0 Å². The van der Waals surface area contributed by atoms with Gasteiger partial charge >= 0.3 is 5.97 Å². The van der Waals surface area contributed by atoms with E-state index < -0.39 is 0 Å². The molecular weight excluding hydrogens is 222 g/mol. The third-order valence-corrected chi connectivity index (χ3v) is 2.15. The Morgan fingerprint density at radius 2 is 1.94 bits per heavy atom. The Labute approximate surface area is 104 Å². The fourth-order valence-electron chi connectivity index (χ4n) is 1.27. The number of rotatable bonds is 10. The molecule has 0 fully saturated rings. The zero-order chi connectivity index (χ0) is 13.1. The van der Waals surface area contributed by atoms with Crippen molar-refractivity contribution < 1.29 is 19.0 Å². The first-order valence-electron chi connectivity index (χ1n) is 6.15. The molecule has 0 rings (SSSR count). The first kappa shape index (κ1) is 16.4. The molecule has 0 amide bonds. The van der Waals surface area contributed by atoms with Crippen molar-refractivity contribution in [2.45, 2.75) is 39.3 Å². The second kappa shape index (κ2) is 10.5. The molecule has 5 heteroatoms. The minimum Gasteiger partial charge on any atom is -0.465 e. The van der Waals surface area contributed by atoms with E-state index in [4.69, 9.17) is 14.2 Å². The minimum atomic E-state index is -0.291. The second-order valence-electron chi connectivity index (χ2n) is 3.91. The highest BCUT2D eigenvalue weighted by Crippen LogP contribution is 1.96. The van der Waals surface area contributed by atoms with E-state index >= 15 is 0 Å². The van der Waals surface area contributed by atoms with Crippen LogP contribution in [-0.2, 0) is 19.0 Å². The predicted molar refractivity (Wildman–Crippen MR) is 66.0 cm³/mol. The zero-order valence-corrected chi connectivity index (χ0v) is 11.3. The molecule has 5 nitrogen and oxygen atoms in total. The van der Waals surface area contributed by atoms with Gasteiger partial charge in [-0.15, -0.1) is 0 Å². The van der Waals surface area contributed by atoms with E-state index in [1.807, 2.05) is 13.8 Å².